The molecule has 0 aliphatic carbocycles. The van der Waals surface area contributed by atoms with Crippen LogP contribution in [0.15, 0.2) is 42.3 Å². The average molecular weight is 526 g/mol. The van der Waals surface area contributed by atoms with Crippen LogP contribution in [0, 0.1) is 0 Å². The maximum Gasteiger partial charge on any atom is 0.251 e. The fourth-order valence-corrected chi connectivity index (χ4v) is 4.08. The number of ether oxygens (including phenoxy) is 2. The monoisotopic (exact) mass is 525 g/mol. The van der Waals surface area contributed by atoms with Gasteiger partial charge in [-0.2, -0.15) is 5.10 Å². The second-order valence-corrected chi connectivity index (χ2v) is 9.82. The van der Waals surface area contributed by atoms with Crippen LogP contribution in [0.5, 0.6) is 5.75 Å². The second kappa shape index (κ2) is 11.4. The zero-order chi connectivity index (χ0) is 25.8. The molecule has 2 amide bonds. The smallest absolute Gasteiger partial charge is 0.251 e. The van der Waals surface area contributed by atoms with Gasteiger partial charge in [0, 0.05) is 38.6 Å². The van der Waals surface area contributed by atoms with E-state index in [1.807, 2.05) is 13.8 Å². The van der Waals surface area contributed by atoms with Crippen LogP contribution in [0.1, 0.15) is 34.1 Å². The lowest BCUT2D eigenvalue weighted by Crippen LogP contribution is -2.47. The van der Waals surface area contributed by atoms with Gasteiger partial charge in [-0.3, -0.25) is 14.3 Å². The van der Waals surface area contributed by atoms with Gasteiger partial charge in [0.2, 0.25) is 5.91 Å². The highest BCUT2D eigenvalue weighted by molar-refractivity contribution is 6.42. The Balaban J connectivity index is 1.74. The van der Waals surface area contributed by atoms with Crippen molar-refractivity contribution in [3.05, 3.63) is 52.3 Å². The lowest BCUT2D eigenvalue weighted by molar-refractivity contribution is -0.139. The van der Waals surface area contributed by atoms with E-state index >= 15 is 0 Å². The van der Waals surface area contributed by atoms with Crippen molar-refractivity contribution in [2.75, 3.05) is 18.5 Å². The molecule has 1 aliphatic heterocycles. The second-order valence-electron chi connectivity index (χ2n) is 9.03. The highest BCUT2D eigenvalue weighted by atomic mass is 35.5. The number of aromatic nitrogens is 2. The summed E-state index contributed by atoms with van der Waals surface area (Å²) < 4.78 is 11.8. The Morgan fingerprint density at radius 2 is 2.09 bits per heavy atom. The number of benzene rings is 1. The zero-order valence-corrected chi connectivity index (χ0v) is 21.7. The maximum absolute atomic E-state index is 13.3. The largest absolute Gasteiger partial charge is 0.458 e. The number of amides is 2. The SMILES string of the molecule is CC[OH+]C(C)C[C@@H](C(=O)Nc1ccn(CC(C)(C)O)n1)N1CC(Oc2cccc(Cl)c2Cl)=CC1=O. The van der Waals surface area contributed by atoms with Crippen LogP contribution in [-0.4, -0.2) is 67.2 Å². The van der Waals surface area contributed by atoms with Gasteiger partial charge in [-0.05, 0) is 26.0 Å². The van der Waals surface area contributed by atoms with Crippen molar-refractivity contribution in [3.8, 4) is 5.75 Å². The van der Waals surface area contributed by atoms with Crippen molar-refractivity contribution < 1.29 is 24.2 Å². The molecule has 2 heterocycles. The van der Waals surface area contributed by atoms with Gasteiger partial charge in [0.1, 0.15) is 29.2 Å². The summed E-state index contributed by atoms with van der Waals surface area (Å²) in [5, 5.41) is 17.7. The molecule has 1 aliphatic rings. The van der Waals surface area contributed by atoms with Gasteiger partial charge >= 0.3 is 0 Å². The van der Waals surface area contributed by atoms with Gasteiger partial charge in [0.15, 0.2) is 11.9 Å². The normalized spacial score (nSPS) is 15.7. The molecule has 0 saturated carbocycles. The van der Waals surface area contributed by atoms with Crippen LogP contribution in [0.3, 0.4) is 0 Å². The van der Waals surface area contributed by atoms with Crippen molar-refractivity contribution in [3.63, 3.8) is 0 Å². The average Bonchev–Trinajstić information content (AvgIpc) is 3.34. The summed E-state index contributed by atoms with van der Waals surface area (Å²) in [6.45, 7) is 8.12. The van der Waals surface area contributed by atoms with E-state index in [0.717, 1.165) is 0 Å². The molecule has 1 unspecified atom stereocenters. The van der Waals surface area contributed by atoms with E-state index in [9.17, 15) is 14.7 Å². The number of nitrogens with zero attached hydrogens (tertiary/aromatic N) is 3. The number of hydrogen-bond acceptors (Lipinski definition) is 5. The fourth-order valence-electron chi connectivity index (χ4n) is 3.75. The van der Waals surface area contributed by atoms with Gasteiger partial charge in [-0.15, -0.1) is 0 Å². The summed E-state index contributed by atoms with van der Waals surface area (Å²) in [5.74, 6) is 0.264. The van der Waals surface area contributed by atoms with Gasteiger partial charge in [-0.25, -0.2) is 0 Å². The van der Waals surface area contributed by atoms with Crippen LogP contribution in [-0.2, 0) is 16.1 Å². The number of anilines is 1. The summed E-state index contributed by atoms with van der Waals surface area (Å²) in [4.78, 5) is 27.6. The lowest BCUT2D eigenvalue weighted by atomic mass is 10.1. The minimum atomic E-state index is -0.956. The van der Waals surface area contributed by atoms with E-state index in [4.69, 9.17) is 27.9 Å². The van der Waals surface area contributed by atoms with Gasteiger partial charge in [-0.1, -0.05) is 29.3 Å². The predicted octanol–water partition coefficient (Wildman–Crippen LogP) is 3.40. The molecule has 3 rings (SSSR count). The van der Waals surface area contributed by atoms with E-state index < -0.39 is 11.6 Å². The molecule has 0 fully saturated rings. The van der Waals surface area contributed by atoms with Crippen molar-refractivity contribution in [2.24, 2.45) is 0 Å². The molecule has 1 aromatic carbocycles. The number of carbonyl (C=O) groups is 2. The fraction of sp³-hybridized carbons (Fsp3) is 0.458. The Labute approximate surface area is 214 Å². The molecular formula is C24H31Cl2N4O5+. The summed E-state index contributed by atoms with van der Waals surface area (Å²) >= 11 is 12.3. The molecule has 35 heavy (non-hydrogen) atoms. The third-order valence-corrected chi connectivity index (χ3v) is 6.03. The minimum Gasteiger partial charge on any atom is -0.458 e. The molecular weight excluding hydrogens is 495 g/mol. The zero-order valence-electron chi connectivity index (χ0n) is 20.2. The quantitative estimate of drug-likeness (QED) is 0.437. The Morgan fingerprint density at radius 3 is 2.77 bits per heavy atom. The van der Waals surface area contributed by atoms with Crippen LogP contribution < -0.4 is 10.1 Å². The third-order valence-electron chi connectivity index (χ3n) is 5.23. The molecule has 11 heteroatoms. The standard InChI is InChI=1S/C24H30Cl2N4O5/c1-5-34-15(2)11-18(23(32)27-20-9-10-29(28-20)14-24(3,4)33)30-13-16(12-21(30)31)35-19-8-6-7-17(25)22(19)26/h6-10,12,15,18,33H,5,11,13-14H2,1-4H3,(H,27,28,32)/p+1/t15?,18-/m0/s1. The van der Waals surface area contributed by atoms with Crippen molar-refractivity contribution >= 4 is 40.8 Å². The first kappa shape index (κ1) is 27.0. The van der Waals surface area contributed by atoms with E-state index in [1.54, 1.807) is 49.0 Å². The maximum atomic E-state index is 13.3. The van der Waals surface area contributed by atoms with Crippen LogP contribution in [0.2, 0.25) is 10.0 Å². The first-order valence-electron chi connectivity index (χ1n) is 11.3. The van der Waals surface area contributed by atoms with E-state index in [-0.39, 0.29) is 36.0 Å². The van der Waals surface area contributed by atoms with Crippen LogP contribution >= 0.6 is 23.2 Å². The first-order chi connectivity index (χ1) is 16.5. The predicted molar refractivity (Wildman–Crippen MR) is 135 cm³/mol. The first-order valence-corrected chi connectivity index (χ1v) is 12.1. The van der Waals surface area contributed by atoms with Crippen molar-refractivity contribution in [1.29, 1.82) is 0 Å². The lowest BCUT2D eigenvalue weighted by Gasteiger charge is -2.27. The molecule has 0 spiro atoms. The summed E-state index contributed by atoms with van der Waals surface area (Å²) in [5.41, 5.74) is -0.956. The molecule has 2 aromatic rings. The number of halogens is 2. The molecule has 9 nitrogen and oxygen atoms in total. The van der Waals surface area contributed by atoms with Crippen LogP contribution in [0.25, 0.3) is 0 Å². The molecule has 1 aromatic heterocycles. The number of carbonyl (C=O) groups excluding carboxylic acids is 2. The Morgan fingerprint density at radius 1 is 1.34 bits per heavy atom. The Bertz CT molecular complexity index is 1100. The van der Waals surface area contributed by atoms with E-state index in [2.05, 4.69) is 15.2 Å². The number of nitrogens with one attached hydrogen (secondary N) is 1. The Kier molecular flexibility index (Phi) is 8.82. The molecule has 0 bridgehead atoms. The molecule has 0 radical (unpaired) electrons. The van der Waals surface area contributed by atoms with Gasteiger partial charge in [0.05, 0.1) is 23.7 Å². The van der Waals surface area contributed by atoms with Crippen molar-refractivity contribution in [2.45, 2.75) is 58.4 Å². The summed E-state index contributed by atoms with van der Waals surface area (Å²) in [6.07, 6.45) is 3.19. The van der Waals surface area contributed by atoms with E-state index in [0.29, 0.717) is 35.4 Å². The van der Waals surface area contributed by atoms with Gasteiger partial charge in [0.25, 0.3) is 5.91 Å². The topological polar surface area (TPSA) is 109 Å². The summed E-state index contributed by atoms with van der Waals surface area (Å²) in [6, 6.07) is 5.82. The number of aliphatic hydroxyl groups is 3. The van der Waals surface area contributed by atoms with Crippen molar-refractivity contribution in [1.82, 2.24) is 14.7 Å². The highest BCUT2D eigenvalue weighted by Crippen LogP contribution is 2.33. The highest BCUT2D eigenvalue weighted by Gasteiger charge is 2.37. The van der Waals surface area contributed by atoms with E-state index in [1.165, 1.54) is 11.0 Å². The minimum absolute atomic E-state index is 0.0890. The van der Waals surface area contributed by atoms with Gasteiger partial charge < -0.3 is 24.8 Å². The molecule has 3 N–H and O–H groups in total. The summed E-state index contributed by atoms with van der Waals surface area (Å²) in [7, 11) is 0. The third kappa shape index (κ3) is 7.44. The molecule has 190 valence electrons. The number of rotatable bonds is 11. The molecule has 0 saturated heterocycles. The molecule has 2 atom stereocenters. The Hall–Kier alpha value is -2.59. The van der Waals surface area contributed by atoms with Crippen LogP contribution in [0.4, 0.5) is 5.82 Å². The number of hydrogen-bond donors (Lipinski definition) is 2.